The molecule has 11 aromatic rings. The minimum atomic E-state index is 1.10. The highest BCUT2D eigenvalue weighted by molar-refractivity contribution is 6.24. The van der Waals surface area contributed by atoms with E-state index < -0.39 is 0 Å². The third kappa shape index (κ3) is 4.74. The van der Waals surface area contributed by atoms with Crippen molar-refractivity contribution in [3.8, 4) is 16.8 Å². The lowest BCUT2D eigenvalue weighted by Crippen LogP contribution is -2.11. The first kappa shape index (κ1) is 30.5. The van der Waals surface area contributed by atoms with Gasteiger partial charge in [0, 0.05) is 38.6 Å². The summed E-state index contributed by atoms with van der Waals surface area (Å²) in [6, 6.07) is 75.3. The van der Waals surface area contributed by atoms with Gasteiger partial charge in [0.2, 0.25) is 0 Å². The topological polar surface area (TPSA) is 8.17 Å². The molecule has 252 valence electrons. The van der Waals surface area contributed by atoms with E-state index in [1.807, 2.05) is 0 Å². The van der Waals surface area contributed by atoms with Gasteiger partial charge in [-0.15, -0.1) is 0 Å². The summed E-state index contributed by atoms with van der Waals surface area (Å²) < 4.78 is 2.44. The Morgan fingerprint density at radius 1 is 0.333 bits per heavy atom. The predicted molar refractivity (Wildman–Crippen MR) is 231 cm³/mol. The lowest BCUT2D eigenvalue weighted by molar-refractivity contribution is 1.18. The maximum atomic E-state index is 2.44. The Morgan fingerprint density at radius 3 is 1.76 bits per heavy atom. The fraction of sp³-hybridized carbons (Fsp3) is 0. The van der Waals surface area contributed by atoms with Crippen molar-refractivity contribution in [2.75, 3.05) is 4.90 Å². The van der Waals surface area contributed by atoms with Crippen LogP contribution in [0.15, 0.2) is 206 Å². The van der Waals surface area contributed by atoms with E-state index in [1.165, 1.54) is 76.0 Å². The van der Waals surface area contributed by atoms with Gasteiger partial charge in [0.05, 0.1) is 16.7 Å². The number of fused-ring (bicyclic) bond motifs is 10. The molecule has 0 unspecified atom stereocenters. The number of rotatable bonds is 5. The Morgan fingerprint density at radius 2 is 0.944 bits per heavy atom. The zero-order valence-electron chi connectivity index (χ0n) is 29.5. The first-order valence-corrected chi connectivity index (χ1v) is 18.6. The Bertz CT molecular complexity index is 3210. The molecule has 0 aliphatic heterocycles. The van der Waals surface area contributed by atoms with E-state index in [9.17, 15) is 0 Å². The van der Waals surface area contributed by atoms with Gasteiger partial charge in [-0.3, -0.25) is 0 Å². The zero-order chi connectivity index (χ0) is 35.6. The van der Waals surface area contributed by atoms with Crippen LogP contribution in [0, 0.1) is 0 Å². The Balaban J connectivity index is 1.16. The summed E-state index contributed by atoms with van der Waals surface area (Å²) in [6.07, 6.45) is 0. The largest absolute Gasteiger partial charge is 0.310 e. The average molecular weight is 687 g/mol. The highest BCUT2D eigenvalue weighted by Crippen LogP contribution is 2.45. The fourth-order valence-electron chi connectivity index (χ4n) is 8.68. The number of benzene rings is 10. The number of anilines is 3. The molecule has 0 spiro atoms. The molecule has 0 saturated heterocycles. The summed E-state index contributed by atoms with van der Waals surface area (Å²) in [6.45, 7) is 0. The Labute approximate surface area is 313 Å². The molecule has 2 heteroatoms. The Hall–Kier alpha value is -7.16. The minimum Gasteiger partial charge on any atom is -0.310 e. The summed E-state index contributed by atoms with van der Waals surface area (Å²) in [5.74, 6) is 0. The third-order valence-corrected chi connectivity index (χ3v) is 11.1. The van der Waals surface area contributed by atoms with Crippen molar-refractivity contribution < 1.29 is 0 Å². The van der Waals surface area contributed by atoms with Gasteiger partial charge >= 0.3 is 0 Å². The molecular formula is C52H34N2. The lowest BCUT2D eigenvalue weighted by atomic mass is 9.94. The molecule has 0 bridgehead atoms. The standard InChI is InChI=1S/C52H34N2/c1-2-13-35(14-3-1)38-17-12-18-42(33-38)53(50-34-39-26-25-36-15-4-6-19-43(36)51(39)47-23-9-8-21-45(47)50)40-28-30-41(31-29-40)54-49-24-11-10-22-46(49)48-32-27-37-16-5-7-20-44(37)52(48)54/h1-34H. The quantitative estimate of drug-likeness (QED) is 0.164. The van der Waals surface area contributed by atoms with Crippen molar-refractivity contribution in [1.82, 2.24) is 4.57 Å². The van der Waals surface area contributed by atoms with Crippen molar-refractivity contribution in [3.63, 3.8) is 0 Å². The molecule has 0 aliphatic carbocycles. The molecule has 0 radical (unpaired) electrons. The van der Waals surface area contributed by atoms with Crippen LogP contribution in [0.3, 0.4) is 0 Å². The highest BCUT2D eigenvalue weighted by atomic mass is 15.1. The van der Waals surface area contributed by atoms with Crippen LogP contribution in [0.2, 0.25) is 0 Å². The third-order valence-electron chi connectivity index (χ3n) is 11.1. The van der Waals surface area contributed by atoms with E-state index in [4.69, 9.17) is 0 Å². The molecule has 10 aromatic carbocycles. The molecule has 54 heavy (non-hydrogen) atoms. The number of hydrogen-bond donors (Lipinski definition) is 0. The number of para-hydroxylation sites is 1. The number of nitrogens with zero attached hydrogens (tertiary/aromatic N) is 2. The van der Waals surface area contributed by atoms with Gasteiger partial charge in [0.25, 0.3) is 0 Å². The van der Waals surface area contributed by atoms with Crippen LogP contribution >= 0.6 is 0 Å². The van der Waals surface area contributed by atoms with Crippen molar-refractivity contribution in [2.24, 2.45) is 0 Å². The SMILES string of the molecule is c1ccc(-c2cccc(N(c3ccc(-n4c5ccccc5c5ccc6ccccc6c54)cc3)c3cc4ccc5ccccc5c4c4ccccc34)c2)cc1. The van der Waals surface area contributed by atoms with Crippen LogP contribution in [0.25, 0.3) is 81.7 Å². The smallest absolute Gasteiger partial charge is 0.0619 e. The van der Waals surface area contributed by atoms with Crippen LogP contribution in [0.1, 0.15) is 0 Å². The fourth-order valence-corrected chi connectivity index (χ4v) is 8.68. The van der Waals surface area contributed by atoms with Crippen LogP contribution in [0.5, 0.6) is 0 Å². The van der Waals surface area contributed by atoms with Crippen molar-refractivity contribution in [2.45, 2.75) is 0 Å². The van der Waals surface area contributed by atoms with Crippen LogP contribution in [-0.2, 0) is 0 Å². The summed E-state index contributed by atoms with van der Waals surface area (Å²) in [5.41, 5.74) is 9.31. The Kier molecular flexibility index (Phi) is 6.90. The van der Waals surface area contributed by atoms with Crippen LogP contribution in [-0.4, -0.2) is 4.57 Å². The highest BCUT2D eigenvalue weighted by Gasteiger charge is 2.20. The molecule has 0 fully saturated rings. The van der Waals surface area contributed by atoms with Crippen molar-refractivity contribution in [3.05, 3.63) is 206 Å². The normalized spacial score (nSPS) is 11.7. The van der Waals surface area contributed by atoms with Gasteiger partial charge in [0.15, 0.2) is 0 Å². The first-order chi connectivity index (χ1) is 26.8. The molecular weight excluding hydrogens is 653 g/mol. The molecule has 0 N–H and O–H groups in total. The van der Waals surface area contributed by atoms with E-state index in [-0.39, 0.29) is 0 Å². The molecule has 2 nitrogen and oxygen atoms in total. The van der Waals surface area contributed by atoms with Gasteiger partial charge in [-0.25, -0.2) is 0 Å². The van der Waals surface area contributed by atoms with Crippen molar-refractivity contribution >= 4 is 82.0 Å². The summed E-state index contributed by atoms with van der Waals surface area (Å²) in [5, 5.41) is 12.5. The van der Waals surface area contributed by atoms with Gasteiger partial charge in [-0.1, -0.05) is 158 Å². The second kappa shape index (κ2) is 12.2. The van der Waals surface area contributed by atoms with E-state index >= 15 is 0 Å². The van der Waals surface area contributed by atoms with Crippen molar-refractivity contribution in [1.29, 1.82) is 0 Å². The van der Waals surface area contributed by atoms with Crippen LogP contribution < -0.4 is 4.90 Å². The maximum Gasteiger partial charge on any atom is 0.0619 e. The summed E-state index contributed by atoms with van der Waals surface area (Å²) in [4.78, 5) is 2.44. The predicted octanol–water partition coefficient (Wildman–Crippen LogP) is 14.5. The molecule has 1 aromatic heterocycles. The molecule has 0 amide bonds. The van der Waals surface area contributed by atoms with E-state index in [2.05, 4.69) is 216 Å². The first-order valence-electron chi connectivity index (χ1n) is 18.6. The molecule has 0 aliphatic rings. The maximum absolute atomic E-state index is 2.44. The number of aromatic nitrogens is 1. The average Bonchev–Trinajstić information content (AvgIpc) is 3.59. The monoisotopic (exact) mass is 686 g/mol. The summed E-state index contributed by atoms with van der Waals surface area (Å²) in [7, 11) is 0. The van der Waals surface area contributed by atoms with E-state index in [0.717, 1.165) is 22.7 Å². The van der Waals surface area contributed by atoms with Crippen LogP contribution in [0.4, 0.5) is 17.1 Å². The lowest BCUT2D eigenvalue weighted by Gasteiger charge is -2.28. The second-order valence-electron chi connectivity index (χ2n) is 14.1. The van der Waals surface area contributed by atoms with Gasteiger partial charge in [-0.2, -0.15) is 0 Å². The van der Waals surface area contributed by atoms with Gasteiger partial charge in [-0.05, 0) is 92.0 Å². The molecule has 0 atom stereocenters. The second-order valence-corrected chi connectivity index (χ2v) is 14.1. The minimum absolute atomic E-state index is 1.10. The van der Waals surface area contributed by atoms with E-state index in [1.54, 1.807) is 0 Å². The zero-order valence-corrected chi connectivity index (χ0v) is 29.5. The van der Waals surface area contributed by atoms with Gasteiger partial charge in [0.1, 0.15) is 0 Å². The summed E-state index contributed by atoms with van der Waals surface area (Å²) >= 11 is 0. The molecule has 0 saturated carbocycles. The molecule has 11 rings (SSSR count). The number of hydrogen-bond acceptors (Lipinski definition) is 1. The van der Waals surface area contributed by atoms with Gasteiger partial charge < -0.3 is 9.47 Å². The molecule has 1 heterocycles. The van der Waals surface area contributed by atoms with E-state index in [0.29, 0.717) is 0 Å².